The Balaban J connectivity index is 1.38. The number of aliphatic carboxylic acids is 1. The van der Waals surface area contributed by atoms with E-state index < -0.39 is 17.0 Å². The van der Waals surface area contributed by atoms with Crippen molar-refractivity contribution < 1.29 is 14.6 Å². The summed E-state index contributed by atoms with van der Waals surface area (Å²) in [6.07, 6.45) is 7.47. The molecule has 0 unspecified atom stereocenters. The van der Waals surface area contributed by atoms with Crippen molar-refractivity contribution in [1.29, 1.82) is 0 Å². The third-order valence-corrected chi connectivity index (χ3v) is 8.38. The molecule has 0 bridgehead atoms. The van der Waals surface area contributed by atoms with Crippen LogP contribution in [0.15, 0.2) is 66.7 Å². The molecule has 5 nitrogen and oxygen atoms in total. The second-order valence-corrected chi connectivity index (χ2v) is 10.9. The Hall–Kier alpha value is -2.92. The molecule has 0 atom stereocenters. The van der Waals surface area contributed by atoms with E-state index in [0.717, 1.165) is 35.7 Å². The lowest BCUT2D eigenvalue weighted by molar-refractivity contribution is -0.151. The second kappa shape index (κ2) is 8.94. The molecule has 0 saturated heterocycles. The van der Waals surface area contributed by atoms with Gasteiger partial charge in [-0.1, -0.05) is 60.7 Å². The van der Waals surface area contributed by atoms with Crippen LogP contribution in [0, 0.1) is 11.8 Å². The van der Waals surface area contributed by atoms with Gasteiger partial charge in [0.1, 0.15) is 5.60 Å². The Labute approximate surface area is 207 Å². The van der Waals surface area contributed by atoms with Crippen molar-refractivity contribution in [2.24, 2.45) is 11.8 Å². The second-order valence-electron chi connectivity index (χ2n) is 10.9. The SMILES string of the molecule is O=C(O)[C@]1(c2ccccc2)CC[C@@](OCC2CC2)(c2cc(-c3ccccc3)nn2CC2CC2)CC1. The van der Waals surface area contributed by atoms with Gasteiger partial charge in [0.25, 0.3) is 0 Å². The molecule has 1 heterocycles. The largest absolute Gasteiger partial charge is 0.481 e. The van der Waals surface area contributed by atoms with Crippen LogP contribution < -0.4 is 0 Å². The molecule has 3 fully saturated rings. The Bertz CT molecular complexity index is 1170. The standard InChI is InChI=1S/C30H34N2O3/c33-28(34)29(25-9-5-2-6-10-25)15-17-30(18-16-29,35-21-23-13-14-23)27-19-26(24-7-3-1-4-8-24)31-32(27)20-22-11-12-22/h1-10,19,22-23H,11-18,20-21H2,(H,33,34)/t29-,30+. The first-order valence-electron chi connectivity index (χ1n) is 13.1. The zero-order valence-corrected chi connectivity index (χ0v) is 20.2. The predicted molar refractivity (Wildman–Crippen MR) is 135 cm³/mol. The van der Waals surface area contributed by atoms with E-state index in [9.17, 15) is 9.90 Å². The molecule has 182 valence electrons. The average molecular weight is 471 g/mol. The van der Waals surface area contributed by atoms with E-state index in [1.165, 1.54) is 25.7 Å². The first-order chi connectivity index (χ1) is 17.1. The number of aromatic nitrogens is 2. The molecule has 3 saturated carbocycles. The van der Waals surface area contributed by atoms with Gasteiger partial charge in [0.05, 0.1) is 23.4 Å². The number of benzene rings is 2. The molecule has 2 aromatic carbocycles. The Morgan fingerprint density at radius 2 is 1.54 bits per heavy atom. The number of carboxylic acids is 1. The number of hydrogen-bond donors (Lipinski definition) is 1. The van der Waals surface area contributed by atoms with E-state index in [2.05, 4.69) is 35.0 Å². The fourth-order valence-corrected chi connectivity index (χ4v) is 5.72. The van der Waals surface area contributed by atoms with Gasteiger partial charge >= 0.3 is 5.97 Å². The Kier molecular flexibility index (Phi) is 5.76. The fourth-order valence-electron chi connectivity index (χ4n) is 5.72. The summed E-state index contributed by atoms with van der Waals surface area (Å²) in [6, 6.07) is 22.4. The van der Waals surface area contributed by atoms with Crippen LogP contribution in [0.25, 0.3) is 11.3 Å². The highest BCUT2D eigenvalue weighted by Crippen LogP contribution is 2.51. The van der Waals surface area contributed by atoms with E-state index in [4.69, 9.17) is 9.84 Å². The Morgan fingerprint density at radius 1 is 0.914 bits per heavy atom. The number of hydrogen-bond acceptors (Lipinski definition) is 3. The van der Waals surface area contributed by atoms with Crippen LogP contribution in [0.5, 0.6) is 0 Å². The summed E-state index contributed by atoms with van der Waals surface area (Å²) >= 11 is 0. The molecule has 1 N–H and O–H groups in total. The van der Waals surface area contributed by atoms with E-state index in [0.29, 0.717) is 37.5 Å². The molecule has 5 heteroatoms. The maximum atomic E-state index is 12.7. The first kappa shape index (κ1) is 22.5. The summed E-state index contributed by atoms with van der Waals surface area (Å²) in [5.41, 5.74) is 2.77. The zero-order valence-electron chi connectivity index (χ0n) is 20.2. The topological polar surface area (TPSA) is 64.3 Å². The predicted octanol–water partition coefficient (Wildman–Crippen LogP) is 6.18. The van der Waals surface area contributed by atoms with Crippen LogP contribution in [0.1, 0.15) is 62.6 Å². The van der Waals surface area contributed by atoms with Gasteiger partial charge < -0.3 is 9.84 Å². The molecule has 3 aliphatic rings. The molecule has 35 heavy (non-hydrogen) atoms. The summed E-state index contributed by atoms with van der Waals surface area (Å²) in [5, 5.41) is 15.5. The molecular formula is C30H34N2O3. The molecule has 0 radical (unpaired) electrons. The lowest BCUT2D eigenvalue weighted by Crippen LogP contribution is -2.46. The number of carboxylic acid groups (broad SMARTS) is 1. The number of carbonyl (C=O) groups is 1. The van der Waals surface area contributed by atoms with Crippen LogP contribution in [0.3, 0.4) is 0 Å². The van der Waals surface area contributed by atoms with Gasteiger partial charge in [-0.25, -0.2) is 0 Å². The van der Waals surface area contributed by atoms with Crippen LogP contribution in [0.4, 0.5) is 0 Å². The molecule has 0 aliphatic heterocycles. The van der Waals surface area contributed by atoms with E-state index >= 15 is 0 Å². The molecule has 0 spiro atoms. The maximum Gasteiger partial charge on any atom is 0.314 e. The highest BCUT2D eigenvalue weighted by molar-refractivity contribution is 5.81. The third-order valence-electron chi connectivity index (χ3n) is 8.38. The lowest BCUT2D eigenvalue weighted by atomic mass is 9.64. The maximum absolute atomic E-state index is 12.7. The number of rotatable bonds is 9. The quantitative estimate of drug-likeness (QED) is 0.406. The minimum atomic E-state index is -0.864. The van der Waals surface area contributed by atoms with Crippen molar-refractivity contribution in [1.82, 2.24) is 9.78 Å². The molecule has 6 rings (SSSR count). The minimum absolute atomic E-state index is 0.495. The first-order valence-corrected chi connectivity index (χ1v) is 13.1. The number of nitrogens with zero attached hydrogens (tertiary/aromatic N) is 2. The van der Waals surface area contributed by atoms with Crippen LogP contribution >= 0.6 is 0 Å². The van der Waals surface area contributed by atoms with E-state index in [1.807, 2.05) is 36.4 Å². The van der Waals surface area contributed by atoms with Crippen molar-refractivity contribution in [3.05, 3.63) is 78.0 Å². The van der Waals surface area contributed by atoms with Gasteiger partial charge in [0.15, 0.2) is 0 Å². The van der Waals surface area contributed by atoms with Crippen LogP contribution in [-0.4, -0.2) is 27.5 Å². The van der Waals surface area contributed by atoms with Gasteiger partial charge in [-0.3, -0.25) is 9.48 Å². The lowest BCUT2D eigenvalue weighted by Gasteiger charge is -2.44. The van der Waals surface area contributed by atoms with Gasteiger partial charge in [-0.2, -0.15) is 5.10 Å². The van der Waals surface area contributed by atoms with Crippen molar-refractivity contribution >= 4 is 5.97 Å². The molecule has 3 aliphatic carbocycles. The number of ether oxygens (including phenoxy) is 1. The van der Waals surface area contributed by atoms with Gasteiger partial charge in [0, 0.05) is 12.1 Å². The smallest absolute Gasteiger partial charge is 0.314 e. The van der Waals surface area contributed by atoms with Crippen molar-refractivity contribution in [2.45, 2.75) is 68.9 Å². The minimum Gasteiger partial charge on any atom is -0.481 e. The zero-order chi connectivity index (χ0) is 23.9. The van der Waals surface area contributed by atoms with Crippen molar-refractivity contribution in [2.75, 3.05) is 6.61 Å². The molecular weight excluding hydrogens is 436 g/mol. The van der Waals surface area contributed by atoms with Gasteiger partial charge in [-0.15, -0.1) is 0 Å². The summed E-state index contributed by atoms with van der Waals surface area (Å²) < 4.78 is 9.03. The molecule has 0 amide bonds. The van der Waals surface area contributed by atoms with Gasteiger partial charge in [0.2, 0.25) is 0 Å². The highest BCUT2D eigenvalue weighted by Gasteiger charge is 2.51. The molecule has 3 aromatic rings. The average Bonchev–Trinajstić information content (AvgIpc) is 3.83. The molecule has 1 aromatic heterocycles. The van der Waals surface area contributed by atoms with E-state index in [1.54, 1.807) is 0 Å². The van der Waals surface area contributed by atoms with Crippen molar-refractivity contribution in [3.63, 3.8) is 0 Å². The summed E-state index contributed by atoms with van der Waals surface area (Å²) in [4.78, 5) is 12.7. The Morgan fingerprint density at radius 3 is 2.14 bits per heavy atom. The normalized spacial score (nSPS) is 26.5. The van der Waals surface area contributed by atoms with Crippen molar-refractivity contribution in [3.8, 4) is 11.3 Å². The monoisotopic (exact) mass is 470 g/mol. The summed E-state index contributed by atoms with van der Waals surface area (Å²) in [7, 11) is 0. The highest BCUT2D eigenvalue weighted by atomic mass is 16.5. The van der Waals surface area contributed by atoms with Crippen LogP contribution in [-0.2, 0) is 27.1 Å². The van der Waals surface area contributed by atoms with Gasteiger partial charge in [-0.05, 0) is 74.8 Å². The summed E-state index contributed by atoms with van der Waals surface area (Å²) in [6.45, 7) is 1.67. The third kappa shape index (κ3) is 4.42. The fraction of sp³-hybridized carbons (Fsp3) is 0.467. The van der Waals surface area contributed by atoms with Crippen LogP contribution in [0.2, 0.25) is 0 Å². The summed E-state index contributed by atoms with van der Waals surface area (Å²) in [5.74, 6) is 0.597. The van der Waals surface area contributed by atoms with E-state index in [-0.39, 0.29) is 0 Å².